The van der Waals surface area contributed by atoms with Crippen molar-refractivity contribution in [2.75, 3.05) is 4.90 Å². The van der Waals surface area contributed by atoms with E-state index in [9.17, 15) is 0 Å². The molecule has 8 aromatic carbocycles. The minimum Gasteiger partial charge on any atom is -0.334 e. The Hall–Kier alpha value is -6.64. The molecule has 0 saturated heterocycles. The van der Waals surface area contributed by atoms with Crippen molar-refractivity contribution in [3.8, 4) is 39.1 Å². The van der Waals surface area contributed by atoms with Crippen LogP contribution in [-0.4, -0.2) is 10.6 Å². The summed E-state index contributed by atoms with van der Waals surface area (Å²) in [6.45, 7) is 0. The third kappa shape index (κ3) is 4.37. The molecule has 0 spiro atoms. The van der Waals surface area contributed by atoms with Crippen LogP contribution in [0.1, 0.15) is 11.3 Å². The molecule has 244 valence electrons. The van der Waals surface area contributed by atoms with Gasteiger partial charge in [-0.15, -0.1) is 0 Å². The first-order valence-electron chi connectivity index (χ1n) is 18.2. The number of nitrogens with zero attached hydrogens (tertiary/aromatic N) is 2. The highest BCUT2D eigenvalue weighted by atomic mass is 15.2. The van der Waals surface area contributed by atoms with Gasteiger partial charge < -0.3 is 9.47 Å². The summed E-state index contributed by atoms with van der Waals surface area (Å²) in [7, 11) is 0. The third-order valence-corrected chi connectivity index (χ3v) is 11.2. The van der Waals surface area contributed by atoms with Gasteiger partial charge in [-0.05, 0) is 103 Å². The van der Waals surface area contributed by atoms with Gasteiger partial charge in [-0.3, -0.25) is 0 Å². The molecule has 9 aromatic rings. The first kappa shape index (κ1) is 29.1. The average molecular weight is 663 g/mol. The van der Waals surface area contributed by atoms with Gasteiger partial charge in [0.1, 0.15) is 0 Å². The van der Waals surface area contributed by atoms with Gasteiger partial charge in [-0.25, -0.2) is 0 Å². The Labute approximate surface area is 303 Å². The molecule has 0 saturated carbocycles. The molecule has 1 atom stereocenters. The fourth-order valence-electron chi connectivity index (χ4n) is 8.97. The van der Waals surface area contributed by atoms with Crippen molar-refractivity contribution in [3.63, 3.8) is 0 Å². The van der Waals surface area contributed by atoms with Crippen LogP contribution in [0.4, 0.5) is 11.4 Å². The molecule has 1 heterocycles. The van der Waals surface area contributed by atoms with E-state index in [1.807, 2.05) is 0 Å². The summed E-state index contributed by atoms with van der Waals surface area (Å²) in [6.07, 6.45) is 5.66. The molecular weight excluding hydrogens is 629 g/mol. The largest absolute Gasteiger partial charge is 0.334 e. The van der Waals surface area contributed by atoms with Gasteiger partial charge in [-0.1, -0.05) is 140 Å². The number of fused-ring (bicyclic) bond motifs is 8. The fourth-order valence-corrected chi connectivity index (χ4v) is 8.97. The Morgan fingerprint density at radius 3 is 2.10 bits per heavy atom. The van der Waals surface area contributed by atoms with Crippen LogP contribution in [-0.2, 0) is 6.42 Å². The number of anilines is 2. The number of hydrogen-bond donors (Lipinski definition) is 0. The fraction of sp³-hybridized carbons (Fsp3) is 0.0400. The zero-order chi connectivity index (χ0) is 34.2. The zero-order valence-corrected chi connectivity index (χ0v) is 28.6. The van der Waals surface area contributed by atoms with Gasteiger partial charge in [-0.2, -0.15) is 0 Å². The van der Waals surface area contributed by atoms with E-state index in [1.54, 1.807) is 0 Å². The molecule has 1 aromatic heterocycles. The molecule has 2 nitrogen and oxygen atoms in total. The number of aromatic nitrogens is 1. The highest BCUT2D eigenvalue weighted by Gasteiger charge is 2.30. The van der Waals surface area contributed by atoms with Gasteiger partial charge in [0.15, 0.2) is 0 Å². The average Bonchev–Trinajstić information content (AvgIpc) is 3.72. The molecule has 0 fully saturated rings. The standard InChI is InChI=1S/C50H34N2/c1-3-13-33(14-4-1)34-16-11-20-38(30-34)51(40-25-27-43-42-22-9-10-24-47(42)52(48(43)32-40)37-18-5-2-6-19-37)39-26-28-45-46(31-39)44-23-12-17-36-29-35-15-7-8-21-41(35)50(45)49(36)44/h1-31,40H,32H2. The van der Waals surface area contributed by atoms with E-state index in [0.717, 1.165) is 6.42 Å². The molecule has 0 amide bonds. The number of rotatable bonds is 5. The minimum absolute atomic E-state index is 0.0868. The molecule has 2 heteroatoms. The summed E-state index contributed by atoms with van der Waals surface area (Å²) >= 11 is 0. The van der Waals surface area contributed by atoms with Crippen molar-refractivity contribution in [3.05, 3.63) is 193 Å². The first-order chi connectivity index (χ1) is 25.8. The Kier molecular flexibility index (Phi) is 6.41. The smallest absolute Gasteiger partial charge is 0.0580 e. The van der Waals surface area contributed by atoms with Crippen LogP contribution in [0, 0.1) is 0 Å². The lowest BCUT2D eigenvalue weighted by atomic mass is 9.94. The van der Waals surface area contributed by atoms with Gasteiger partial charge in [0.05, 0.1) is 11.6 Å². The van der Waals surface area contributed by atoms with Crippen molar-refractivity contribution in [1.82, 2.24) is 4.57 Å². The maximum Gasteiger partial charge on any atom is 0.0580 e. The Balaban J connectivity index is 1.11. The van der Waals surface area contributed by atoms with Crippen LogP contribution in [0.5, 0.6) is 0 Å². The SMILES string of the molecule is C1=CC(N(c2cccc(-c3ccccc3)c2)c2ccc3c(c2)-c2cccc4cc5ccccc5c-3c24)Cc2c1c1ccccc1n2-c1ccccc1. The van der Waals surface area contributed by atoms with E-state index >= 15 is 0 Å². The van der Waals surface area contributed by atoms with E-state index in [-0.39, 0.29) is 6.04 Å². The number of hydrogen-bond acceptors (Lipinski definition) is 1. The summed E-state index contributed by atoms with van der Waals surface area (Å²) in [6, 6.07) is 64.7. The second kappa shape index (κ2) is 11.4. The normalized spacial score (nSPS) is 14.2. The van der Waals surface area contributed by atoms with Crippen molar-refractivity contribution >= 4 is 49.9 Å². The van der Waals surface area contributed by atoms with Crippen LogP contribution < -0.4 is 4.90 Å². The van der Waals surface area contributed by atoms with Gasteiger partial charge in [0.2, 0.25) is 0 Å². The minimum atomic E-state index is 0.0868. The topological polar surface area (TPSA) is 8.17 Å². The molecule has 52 heavy (non-hydrogen) atoms. The van der Waals surface area contributed by atoms with Crippen molar-refractivity contribution in [2.45, 2.75) is 12.5 Å². The summed E-state index contributed by atoms with van der Waals surface area (Å²) < 4.78 is 2.48. The Bertz CT molecular complexity index is 2880. The Morgan fingerprint density at radius 1 is 0.500 bits per heavy atom. The lowest BCUT2D eigenvalue weighted by molar-refractivity contribution is 0.738. The van der Waals surface area contributed by atoms with E-state index < -0.39 is 0 Å². The predicted molar refractivity (Wildman–Crippen MR) is 220 cm³/mol. The lowest BCUT2D eigenvalue weighted by Gasteiger charge is -2.35. The van der Waals surface area contributed by atoms with Crippen LogP contribution in [0.15, 0.2) is 182 Å². The maximum absolute atomic E-state index is 2.57. The van der Waals surface area contributed by atoms with E-state index in [0.29, 0.717) is 0 Å². The molecule has 11 rings (SSSR count). The second-order valence-electron chi connectivity index (χ2n) is 14.1. The van der Waals surface area contributed by atoms with Gasteiger partial charge >= 0.3 is 0 Å². The van der Waals surface area contributed by atoms with Crippen LogP contribution in [0.25, 0.3) is 77.6 Å². The monoisotopic (exact) mass is 662 g/mol. The quantitative estimate of drug-likeness (QED) is 0.167. The molecule has 0 bridgehead atoms. The maximum atomic E-state index is 2.57. The molecule has 2 aliphatic rings. The molecule has 2 aliphatic carbocycles. The highest BCUT2D eigenvalue weighted by molar-refractivity contribution is 6.24. The second-order valence-corrected chi connectivity index (χ2v) is 14.1. The first-order valence-corrected chi connectivity index (χ1v) is 18.2. The van der Waals surface area contributed by atoms with Gasteiger partial charge in [0.25, 0.3) is 0 Å². The highest BCUT2D eigenvalue weighted by Crippen LogP contribution is 2.52. The summed E-state index contributed by atoms with van der Waals surface area (Å²) in [5, 5.41) is 6.56. The molecule has 0 aliphatic heterocycles. The molecule has 0 radical (unpaired) electrons. The Morgan fingerprint density at radius 2 is 1.21 bits per heavy atom. The number of para-hydroxylation sites is 2. The summed E-state index contributed by atoms with van der Waals surface area (Å²) in [4.78, 5) is 2.57. The van der Waals surface area contributed by atoms with Crippen molar-refractivity contribution < 1.29 is 0 Å². The van der Waals surface area contributed by atoms with Crippen LogP contribution >= 0.6 is 0 Å². The third-order valence-electron chi connectivity index (χ3n) is 11.2. The zero-order valence-electron chi connectivity index (χ0n) is 28.6. The summed E-state index contributed by atoms with van der Waals surface area (Å²) in [5.41, 5.74) is 15.2. The van der Waals surface area contributed by atoms with E-state index in [1.165, 1.54) is 94.1 Å². The van der Waals surface area contributed by atoms with Crippen molar-refractivity contribution in [2.24, 2.45) is 0 Å². The summed E-state index contributed by atoms with van der Waals surface area (Å²) in [5.74, 6) is 0. The van der Waals surface area contributed by atoms with Crippen molar-refractivity contribution in [1.29, 1.82) is 0 Å². The van der Waals surface area contributed by atoms with Gasteiger partial charge in [0, 0.05) is 40.1 Å². The molecule has 1 unspecified atom stereocenters. The molecular formula is C50H34N2. The van der Waals surface area contributed by atoms with Crippen LogP contribution in [0.2, 0.25) is 0 Å². The van der Waals surface area contributed by atoms with E-state index in [4.69, 9.17) is 0 Å². The lowest BCUT2D eigenvalue weighted by Crippen LogP contribution is -2.33. The number of benzene rings is 8. The van der Waals surface area contributed by atoms with E-state index in [2.05, 4.69) is 198 Å². The predicted octanol–water partition coefficient (Wildman–Crippen LogP) is 13.0. The molecule has 0 N–H and O–H groups in total. The van der Waals surface area contributed by atoms with Crippen LogP contribution in [0.3, 0.4) is 0 Å².